The van der Waals surface area contributed by atoms with E-state index in [1.54, 1.807) is 0 Å². The summed E-state index contributed by atoms with van der Waals surface area (Å²) in [5, 5.41) is 12.1. The second kappa shape index (κ2) is 6.11. The SMILES string of the molecule is CC1OCCC1SCc1ccc(/C(N)=N/O)cc1. The monoisotopic (exact) mass is 266 g/mol. The molecule has 1 aliphatic rings. The molecular formula is C13H18N2O2S. The number of ether oxygens (including phenoxy) is 1. The first kappa shape index (κ1) is 13.2. The van der Waals surface area contributed by atoms with Gasteiger partial charge in [-0.05, 0) is 18.9 Å². The lowest BCUT2D eigenvalue weighted by molar-refractivity contribution is 0.127. The number of amidine groups is 1. The second-order valence-corrected chi connectivity index (χ2v) is 5.62. The Kier molecular flexibility index (Phi) is 4.49. The zero-order valence-electron chi connectivity index (χ0n) is 10.4. The lowest BCUT2D eigenvalue weighted by Gasteiger charge is -2.13. The molecule has 1 fully saturated rings. The predicted molar refractivity (Wildman–Crippen MR) is 74.1 cm³/mol. The van der Waals surface area contributed by atoms with E-state index in [4.69, 9.17) is 15.7 Å². The molecule has 1 aromatic carbocycles. The van der Waals surface area contributed by atoms with Crippen LogP contribution in [0, 0.1) is 0 Å². The van der Waals surface area contributed by atoms with Crippen molar-refractivity contribution < 1.29 is 9.94 Å². The van der Waals surface area contributed by atoms with E-state index in [-0.39, 0.29) is 5.84 Å². The summed E-state index contributed by atoms with van der Waals surface area (Å²) in [6.07, 6.45) is 1.49. The highest BCUT2D eigenvalue weighted by molar-refractivity contribution is 7.99. The Morgan fingerprint density at radius 1 is 1.50 bits per heavy atom. The molecule has 2 atom stereocenters. The Bertz CT molecular complexity index is 420. The van der Waals surface area contributed by atoms with Crippen LogP contribution in [-0.4, -0.2) is 29.0 Å². The Balaban J connectivity index is 1.90. The first-order chi connectivity index (χ1) is 8.70. The Morgan fingerprint density at radius 2 is 2.22 bits per heavy atom. The van der Waals surface area contributed by atoms with Gasteiger partial charge in [-0.2, -0.15) is 11.8 Å². The van der Waals surface area contributed by atoms with Gasteiger partial charge in [0.15, 0.2) is 5.84 Å². The molecule has 1 aromatic rings. The van der Waals surface area contributed by atoms with Crippen LogP contribution in [0.1, 0.15) is 24.5 Å². The summed E-state index contributed by atoms with van der Waals surface area (Å²) in [4.78, 5) is 0. The fraction of sp³-hybridized carbons (Fsp3) is 0.462. The van der Waals surface area contributed by atoms with Gasteiger partial charge in [0.25, 0.3) is 0 Å². The molecule has 0 radical (unpaired) electrons. The normalized spacial score (nSPS) is 24.4. The molecule has 0 amide bonds. The molecule has 0 spiro atoms. The number of nitrogens with two attached hydrogens (primary N) is 1. The van der Waals surface area contributed by atoms with E-state index in [9.17, 15) is 0 Å². The van der Waals surface area contributed by atoms with Crippen LogP contribution in [-0.2, 0) is 10.5 Å². The quantitative estimate of drug-likeness (QED) is 0.379. The van der Waals surface area contributed by atoms with E-state index < -0.39 is 0 Å². The zero-order chi connectivity index (χ0) is 13.0. The molecule has 1 saturated heterocycles. The van der Waals surface area contributed by atoms with Gasteiger partial charge in [-0.1, -0.05) is 29.4 Å². The average Bonchev–Trinajstić information content (AvgIpc) is 2.81. The molecule has 3 N–H and O–H groups in total. The summed E-state index contributed by atoms with van der Waals surface area (Å²) in [5.74, 6) is 1.11. The van der Waals surface area contributed by atoms with Gasteiger partial charge in [0, 0.05) is 23.2 Å². The van der Waals surface area contributed by atoms with Gasteiger partial charge in [-0.25, -0.2) is 0 Å². The molecule has 2 unspecified atom stereocenters. The number of nitrogens with zero attached hydrogens (tertiary/aromatic N) is 1. The van der Waals surface area contributed by atoms with E-state index in [1.807, 2.05) is 36.0 Å². The highest BCUT2D eigenvalue weighted by Crippen LogP contribution is 2.28. The average molecular weight is 266 g/mol. The van der Waals surface area contributed by atoms with Crippen molar-refractivity contribution in [2.45, 2.75) is 30.5 Å². The van der Waals surface area contributed by atoms with Crippen molar-refractivity contribution >= 4 is 17.6 Å². The summed E-state index contributed by atoms with van der Waals surface area (Å²) < 4.78 is 5.54. The smallest absolute Gasteiger partial charge is 0.170 e. The Morgan fingerprint density at radius 3 is 2.78 bits per heavy atom. The lowest BCUT2D eigenvalue weighted by atomic mass is 10.1. The van der Waals surface area contributed by atoms with Crippen molar-refractivity contribution in [1.29, 1.82) is 0 Å². The van der Waals surface area contributed by atoms with Crippen molar-refractivity contribution in [2.75, 3.05) is 6.61 Å². The zero-order valence-corrected chi connectivity index (χ0v) is 11.2. The van der Waals surface area contributed by atoms with E-state index in [1.165, 1.54) is 5.56 Å². The predicted octanol–water partition coefficient (Wildman–Crippen LogP) is 2.19. The Hall–Kier alpha value is -1.20. The third-order valence-electron chi connectivity index (χ3n) is 3.13. The van der Waals surface area contributed by atoms with Crippen LogP contribution in [0.2, 0.25) is 0 Å². The molecule has 1 heterocycles. The minimum Gasteiger partial charge on any atom is -0.409 e. The van der Waals surface area contributed by atoms with E-state index in [2.05, 4.69) is 12.1 Å². The maximum absolute atomic E-state index is 8.58. The molecular weight excluding hydrogens is 248 g/mol. The van der Waals surface area contributed by atoms with Crippen LogP contribution in [0.3, 0.4) is 0 Å². The summed E-state index contributed by atoms with van der Waals surface area (Å²) in [5.41, 5.74) is 7.50. The van der Waals surface area contributed by atoms with Crippen LogP contribution in [0.15, 0.2) is 29.4 Å². The standard InChI is InChI=1S/C13H18N2O2S/c1-9-12(6-7-17-9)18-8-10-2-4-11(5-3-10)13(14)15-16/h2-5,9,12,16H,6-8H2,1H3,(H2,14,15). The number of hydrogen-bond donors (Lipinski definition) is 2. The number of oxime groups is 1. The first-order valence-electron chi connectivity index (χ1n) is 6.00. The third-order valence-corrected chi connectivity index (χ3v) is 4.68. The van der Waals surface area contributed by atoms with Crippen LogP contribution in [0.4, 0.5) is 0 Å². The topological polar surface area (TPSA) is 67.8 Å². The molecule has 2 rings (SSSR count). The summed E-state index contributed by atoms with van der Waals surface area (Å²) in [6.45, 7) is 3.01. The maximum Gasteiger partial charge on any atom is 0.170 e. The van der Waals surface area contributed by atoms with Crippen LogP contribution in [0.5, 0.6) is 0 Å². The minimum absolute atomic E-state index is 0.145. The number of rotatable bonds is 4. The third kappa shape index (κ3) is 3.17. The van der Waals surface area contributed by atoms with Crippen LogP contribution >= 0.6 is 11.8 Å². The van der Waals surface area contributed by atoms with Crippen molar-refractivity contribution in [3.05, 3.63) is 35.4 Å². The molecule has 0 aromatic heterocycles. The van der Waals surface area contributed by atoms with Gasteiger partial charge >= 0.3 is 0 Å². The molecule has 1 aliphatic heterocycles. The van der Waals surface area contributed by atoms with E-state index in [0.29, 0.717) is 11.4 Å². The summed E-state index contributed by atoms with van der Waals surface area (Å²) in [7, 11) is 0. The van der Waals surface area contributed by atoms with Crippen molar-refractivity contribution in [2.24, 2.45) is 10.9 Å². The summed E-state index contributed by atoms with van der Waals surface area (Å²) >= 11 is 1.93. The van der Waals surface area contributed by atoms with Crippen molar-refractivity contribution in [1.82, 2.24) is 0 Å². The molecule has 18 heavy (non-hydrogen) atoms. The van der Waals surface area contributed by atoms with Gasteiger partial charge in [-0.15, -0.1) is 0 Å². The van der Waals surface area contributed by atoms with Gasteiger partial charge in [-0.3, -0.25) is 0 Å². The first-order valence-corrected chi connectivity index (χ1v) is 7.05. The molecule has 0 bridgehead atoms. The highest BCUT2D eigenvalue weighted by Gasteiger charge is 2.24. The molecule has 5 heteroatoms. The highest BCUT2D eigenvalue weighted by atomic mass is 32.2. The van der Waals surface area contributed by atoms with Crippen molar-refractivity contribution in [3.63, 3.8) is 0 Å². The lowest BCUT2D eigenvalue weighted by Crippen LogP contribution is -2.14. The summed E-state index contributed by atoms with van der Waals surface area (Å²) in [6, 6.07) is 7.78. The molecule has 0 aliphatic carbocycles. The number of thioether (sulfide) groups is 1. The van der Waals surface area contributed by atoms with Crippen LogP contribution < -0.4 is 5.73 Å². The fourth-order valence-electron chi connectivity index (χ4n) is 1.96. The van der Waals surface area contributed by atoms with Gasteiger partial charge in [0.05, 0.1) is 6.10 Å². The largest absolute Gasteiger partial charge is 0.409 e. The van der Waals surface area contributed by atoms with Gasteiger partial charge in [0.2, 0.25) is 0 Å². The minimum atomic E-state index is 0.145. The van der Waals surface area contributed by atoms with E-state index >= 15 is 0 Å². The molecule has 98 valence electrons. The van der Waals surface area contributed by atoms with Gasteiger partial charge in [0.1, 0.15) is 0 Å². The molecule has 0 saturated carbocycles. The second-order valence-electron chi connectivity index (χ2n) is 4.40. The number of benzene rings is 1. The number of hydrogen-bond acceptors (Lipinski definition) is 4. The van der Waals surface area contributed by atoms with Gasteiger partial charge < -0.3 is 15.7 Å². The molecule has 4 nitrogen and oxygen atoms in total. The fourth-order valence-corrected chi connectivity index (χ4v) is 3.18. The van der Waals surface area contributed by atoms with E-state index in [0.717, 1.165) is 24.3 Å². The van der Waals surface area contributed by atoms with Crippen molar-refractivity contribution in [3.8, 4) is 0 Å². The van der Waals surface area contributed by atoms with Crippen LogP contribution in [0.25, 0.3) is 0 Å². The Labute approximate surface area is 111 Å². The maximum atomic E-state index is 8.58.